The van der Waals surface area contributed by atoms with E-state index >= 15 is 0 Å². The van der Waals surface area contributed by atoms with Gasteiger partial charge in [0.1, 0.15) is 0 Å². The summed E-state index contributed by atoms with van der Waals surface area (Å²) in [5, 5.41) is 6.77. The number of halogens is 1. The van der Waals surface area contributed by atoms with Crippen LogP contribution in [0, 0.1) is 0 Å². The van der Waals surface area contributed by atoms with Gasteiger partial charge in [-0.2, -0.15) is 23.5 Å². The van der Waals surface area contributed by atoms with Gasteiger partial charge in [-0.3, -0.25) is 4.99 Å². The zero-order valence-corrected chi connectivity index (χ0v) is 16.0. The Morgan fingerprint density at radius 3 is 2.47 bits per heavy atom. The van der Waals surface area contributed by atoms with Crippen LogP contribution >= 0.6 is 47.5 Å². The van der Waals surface area contributed by atoms with Gasteiger partial charge in [-0.1, -0.05) is 0 Å². The first-order chi connectivity index (χ1) is 8.76. The van der Waals surface area contributed by atoms with Crippen molar-refractivity contribution in [3.8, 4) is 0 Å². The molecular formula is C12H26IN3OS2. The average molecular weight is 419 g/mol. The molecule has 0 radical (unpaired) electrons. The summed E-state index contributed by atoms with van der Waals surface area (Å²) in [7, 11) is 1.82. The second-order valence-corrected chi connectivity index (χ2v) is 6.60. The average Bonchev–Trinajstić information content (AvgIpc) is 2.43. The molecule has 1 aliphatic heterocycles. The lowest BCUT2D eigenvalue weighted by Gasteiger charge is -2.36. The molecule has 0 aromatic rings. The van der Waals surface area contributed by atoms with Crippen molar-refractivity contribution in [2.45, 2.75) is 17.6 Å². The van der Waals surface area contributed by atoms with Crippen LogP contribution in [0.4, 0.5) is 0 Å². The van der Waals surface area contributed by atoms with Crippen LogP contribution in [0.3, 0.4) is 0 Å². The molecule has 0 amide bonds. The second kappa shape index (κ2) is 11.3. The molecule has 2 N–H and O–H groups in total. The maximum Gasteiger partial charge on any atom is 0.191 e. The fourth-order valence-electron chi connectivity index (χ4n) is 1.93. The second-order valence-electron chi connectivity index (χ2n) is 4.34. The number of rotatable bonds is 6. The summed E-state index contributed by atoms with van der Waals surface area (Å²) in [4.78, 5) is 4.25. The minimum Gasteiger partial charge on any atom is -0.381 e. The van der Waals surface area contributed by atoms with Crippen LogP contribution in [0.15, 0.2) is 4.99 Å². The van der Waals surface area contributed by atoms with Gasteiger partial charge in [-0.05, 0) is 25.4 Å². The summed E-state index contributed by atoms with van der Waals surface area (Å²) in [6, 6.07) is 0. The molecule has 0 bridgehead atoms. The van der Waals surface area contributed by atoms with E-state index in [0.717, 1.165) is 50.9 Å². The maximum absolute atomic E-state index is 5.45. The highest BCUT2D eigenvalue weighted by Gasteiger charge is 2.31. The molecule has 1 fully saturated rings. The molecule has 1 heterocycles. The lowest BCUT2D eigenvalue weighted by atomic mass is 9.99. The van der Waals surface area contributed by atoms with Crippen molar-refractivity contribution in [3.05, 3.63) is 0 Å². The number of hydrogen-bond acceptors (Lipinski definition) is 4. The molecule has 4 nitrogen and oxygen atoms in total. The fraction of sp³-hybridized carbons (Fsp3) is 0.917. The minimum absolute atomic E-state index is 0. The van der Waals surface area contributed by atoms with Crippen LogP contribution in [0.25, 0.3) is 0 Å². The Hall–Kier alpha value is 0.660. The molecule has 0 aliphatic carbocycles. The lowest BCUT2D eigenvalue weighted by Crippen LogP contribution is -2.48. The molecule has 0 spiro atoms. The van der Waals surface area contributed by atoms with Crippen molar-refractivity contribution >= 4 is 53.5 Å². The van der Waals surface area contributed by atoms with Gasteiger partial charge in [0.15, 0.2) is 5.96 Å². The van der Waals surface area contributed by atoms with Gasteiger partial charge >= 0.3 is 0 Å². The largest absolute Gasteiger partial charge is 0.381 e. The number of aliphatic imine (C=N–C) groups is 1. The third kappa shape index (κ3) is 7.29. The number of ether oxygens (including phenoxy) is 1. The maximum atomic E-state index is 5.45. The zero-order valence-electron chi connectivity index (χ0n) is 12.0. The predicted molar refractivity (Wildman–Crippen MR) is 99.5 cm³/mol. The van der Waals surface area contributed by atoms with E-state index in [1.165, 1.54) is 0 Å². The highest BCUT2D eigenvalue weighted by Crippen LogP contribution is 2.32. The van der Waals surface area contributed by atoms with Crippen molar-refractivity contribution < 1.29 is 4.74 Å². The third-order valence-electron chi connectivity index (χ3n) is 3.24. The van der Waals surface area contributed by atoms with Crippen molar-refractivity contribution in [3.63, 3.8) is 0 Å². The van der Waals surface area contributed by atoms with Crippen molar-refractivity contribution in [1.82, 2.24) is 10.6 Å². The number of hydrogen-bond donors (Lipinski definition) is 2. The minimum atomic E-state index is 0. The van der Waals surface area contributed by atoms with Crippen LogP contribution < -0.4 is 10.6 Å². The standard InChI is InChI=1S/C12H25N3OS2.HI/c1-13-11(14-6-9-17-2)15-10-12(18-3)4-7-16-8-5-12;/h4-10H2,1-3H3,(H2,13,14,15);1H. The number of thioether (sulfide) groups is 2. The van der Waals surface area contributed by atoms with E-state index in [2.05, 4.69) is 28.1 Å². The summed E-state index contributed by atoms with van der Waals surface area (Å²) in [6.45, 7) is 3.66. The first-order valence-corrected chi connectivity index (χ1v) is 8.94. The first-order valence-electron chi connectivity index (χ1n) is 6.33. The molecule has 1 rings (SSSR count). The Kier molecular flexibility index (Phi) is 11.7. The SMILES string of the molecule is CN=C(NCCSC)NCC1(SC)CCOCC1.I. The number of nitrogens with one attached hydrogen (secondary N) is 2. The normalized spacial score (nSPS) is 18.6. The quantitative estimate of drug-likeness (QED) is 0.299. The molecule has 1 saturated heterocycles. The summed E-state index contributed by atoms with van der Waals surface area (Å²) in [5.74, 6) is 2.01. The van der Waals surface area contributed by atoms with E-state index in [4.69, 9.17) is 4.74 Å². The van der Waals surface area contributed by atoms with E-state index in [1.54, 1.807) is 0 Å². The van der Waals surface area contributed by atoms with E-state index in [0.29, 0.717) is 4.75 Å². The highest BCUT2D eigenvalue weighted by atomic mass is 127. The van der Waals surface area contributed by atoms with Gasteiger partial charge in [0, 0.05) is 43.9 Å². The molecule has 19 heavy (non-hydrogen) atoms. The van der Waals surface area contributed by atoms with Crippen molar-refractivity contribution in [2.75, 3.05) is 51.6 Å². The van der Waals surface area contributed by atoms with Crippen LogP contribution in [0.1, 0.15) is 12.8 Å². The Balaban J connectivity index is 0.00000324. The van der Waals surface area contributed by atoms with E-state index < -0.39 is 0 Å². The summed E-state index contributed by atoms with van der Waals surface area (Å²) < 4.78 is 5.75. The topological polar surface area (TPSA) is 45.7 Å². The highest BCUT2D eigenvalue weighted by molar-refractivity contribution is 14.0. The molecule has 0 unspecified atom stereocenters. The Morgan fingerprint density at radius 1 is 1.26 bits per heavy atom. The van der Waals surface area contributed by atoms with Gasteiger partial charge in [0.2, 0.25) is 0 Å². The molecule has 114 valence electrons. The van der Waals surface area contributed by atoms with E-state index in [9.17, 15) is 0 Å². The van der Waals surface area contributed by atoms with E-state index in [1.807, 2.05) is 30.6 Å². The summed E-state index contributed by atoms with van der Waals surface area (Å²) >= 11 is 3.78. The van der Waals surface area contributed by atoms with Crippen molar-refractivity contribution in [2.24, 2.45) is 4.99 Å². The number of guanidine groups is 1. The third-order valence-corrected chi connectivity index (χ3v) is 5.27. The van der Waals surface area contributed by atoms with Gasteiger partial charge in [0.25, 0.3) is 0 Å². The molecule has 0 aromatic carbocycles. The fourth-order valence-corrected chi connectivity index (χ4v) is 3.03. The Morgan fingerprint density at radius 2 is 1.95 bits per heavy atom. The van der Waals surface area contributed by atoms with Crippen LogP contribution in [-0.4, -0.2) is 62.3 Å². The molecule has 1 aliphatic rings. The zero-order chi connectivity index (χ0) is 13.3. The summed E-state index contributed by atoms with van der Waals surface area (Å²) in [5.41, 5.74) is 0. The molecular weight excluding hydrogens is 393 g/mol. The van der Waals surface area contributed by atoms with Crippen LogP contribution in [0.5, 0.6) is 0 Å². The molecule has 0 aromatic heterocycles. The Bertz CT molecular complexity index is 261. The lowest BCUT2D eigenvalue weighted by molar-refractivity contribution is 0.0783. The smallest absolute Gasteiger partial charge is 0.191 e. The summed E-state index contributed by atoms with van der Waals surface area (Å²) in [6.07, 6.45) is 6.53. The Labute approximate surface area is 142 Å². The van der Waals surface area contributed by atoms with E-state index in [-0.39, 0.29) is 24.0 Å². The van der Waals surface area contributed by atoms with Gasteiger partial charge in [0.05, 0.1) is 0 Å². The molecule has 0 atom stereocenters. The number of nitrogens with zero attached hydrogens (tertiary/aromatic N) is 1. The van der Waals surface area contributed by atoms with Gasteiger partial charge in [-0.15, -0.1) is 24.0 Å². The molecule has 7 heteroatoms. The van der Waals surface area contributed by atoms with Crippen LogP contribution in [-0.2, 0) is 4.74 Å². The van der Waals surface area contributed by atoms with Crippen LogP contribution in [0.2, 0.25) is 0 Å². The predicted octanol–water partition coefficient (Wildman–Crippen LogP) is 2.04. The van der Waals surface area contributed by atoms with Gasteiger partial charge < -0.3 is 15.4 Å². The van der Waals surface area contributed by atoms with Crippen molar-refractivity contribution in [1.29, 1.82) is 0 Å². The van der Waals surface area contributed by atoms with Gasteiger partial charge in [-0.25, -0.2) is 0 Å². The first kappa shape index (κ1) is 19.7. The molecule has 0 saturated carbocycles. The monoisotopic (exact) mass is 419 g/mol.